The fourth-order valence-electron chi connectivity index (χ4n) is 4.28. The third-order valence-corrected chi connectivity index (χ3v) is 6.38. The quantitative estimate of drug-likeness (QED) is 0.229. The van der Waals surface area contributed by atoms with Gasteiger partial charge in [-0.3, -0.25) is 9.59 Å². The van der Waals surface area contributed by atoms with E-state index in [1.807, 2.05) is 30.3 Å². The van der Waals surface area contributed by atoms with Crippen LogP contribution in [0.1, 0.15) is 51.5 Å². The van der Waals surface area contributed by atoms with Gasteiger partial charge in [-0.05, 0) is 45.1 Å². The summed E-state index contributed by atoms with van der Waals surface area (Å²) >= 11 is 0. The Hall–Kier alpha value is -3.66. The number of carbonyl (C=O) groups is 4. The van der Waals surface area contributed by atoms with Crippen molar-refractivity contribution in [3.05, 3.63) is 61.2 Å². The molecule has 0 aromatic heterocycles. The number of alkyl carbamates (subject to hydrolysis) is 1. The third kappa shape index (κ3) is 10.6. The number of amides is 3. The lowest BCUT2D eigenvalue weighted by molar-refractivity contribution is -0.149. The highest BCUT2D eigenvalue weighted by molar-refractivity contribution is 5.86. The van der Waals surface area contributed by atoms with E-state index in [1.165, 1.54) is 6.08 Å². The summed E-state index contributed by atoms with van der Waals surface area (Å²) in [6, 6.07) is 7.90. The van der Waals surface area contributed by atoms with Crippen LogP contribution in [0.25, 0.3) is 0 Å². The lowest BCUT2D eigenvalue weighted by atomic mass is 9.97. The Morgan fingerprint density at radius 1 is 1.13 bits per heavy atom. The van der Waals surface area contributed by atoms with E-state index in [1.54, 1.807) is 24.8 Å². The Morgan fingerprint density at radius 3 is 2.46 bits per heavy atom. The average Bonchev–Trinajstić information content (AvgIpc) is 3.40. The highest BCUT2D eigenvalue weighted by atomic mass is 16.6. The lowest BCUT2D eigenvalue weighted by Gasteiger charge is -2.30. The predicted octanol–water partition coefficient (Wildman–Crippen LogP) is 2.86. The van der Waals surface area contributed by atoms with Gasteiger partial charge in [0.15, 0.2) is 0 Å². The summed E-state index contributed by atoms with van der Waals surface area (Å²) < 4.78 is 10.6. The second-order valence-electron chi connectivity index (χ2n) is 10.3. The van der Waals surface area contributed by atoms with Crippen molar-refractivity contribution in [3.63, 3.8) is 0 Å². The Morgan fingerprint density at radius 2 is 1.82 bits per heavy atom. The van der Waals surface area contributed by atoms with Crippen LogP contribution in [0.4, 0.5) is 4.79 Å². The van der Waals surface area contributed by atoms with Crippen molar-refractivity contribution >= 4 is 23.9 Å². The van der Waals surface area contributed by atoms with Gasteiger partial charge in [0.1, 0.15) is 19.3 Å². The standard InChI is InChI=1S/C29H41N3O7/c1-5-11-22(17-25(34)32-16-10-15-23(32)18-33)26(35)31-29(3,4)20-39-27(36)24(12-6-2)30-28(37)38-19-21-13-8-7-9-14-21/h5-9,13-14,22-24,33H,1-2,10-12,15-20H2,3-4H3,(H,30,37)(H,31,35)/t22-,23+,24-/m1/s1. The van der Waals surface area contributed by atoms with Gasteiger partial charge in [0.25, 0.3) is 0 Å². The zero-order valence-corrected chi connectivity index (χ0v) is 22.9. The maximum atomic E-state index is 13.1. The van der Waals surface area contributed by atoms with Crippen LogP contribution in [0.15, 0.2) is 55.6 Å². The van der Waals surface area contributed by atoms with Crippen LogP contribution in [-0.2, 0) is 30.5 Å². The highest BCUT2D eigenvalue weighted by Crippen LogP contribution is 2.21. The molecule has 1 fully saturated rings. The van der Waals surface area contributed by atoms with Crippen LogP contribution >= 0.6 is 0 Å². The van der Waals surface area contributed by atoms with E-state index in [2.05, 4.69) is 23.8 Å². The number of nitrogens with one attached hydrogen (secondary N) is 2. The Balaban J connectivity index is 1.89. The highest BCUT2D eigenvalue weighted by Gasteiger charge is 2.33. The summed E-state index contributed by atoms with van der Waals surface area (Å²) in [6.07, 6.45) is 4.26. The summed E-state index contributed by atoms with van der Waals surface area (Å²) in [5.74, 6) is -1.90. The van der Waals surface area contributed by atoms with Crippen LogP contribution in [0.2, 0.25) is 0 Å². The molecule has 1 aromatic carbocycles. The molecule has 1 aliphatic rings. The van der Waals surface area contributed by atoms with Gasteiger partial charge in [-0.1, -0.05) is 42.5 Å². The van der Waals surface area contributed by atoms with E-state index < -0.39 is 29.6 Å². The molecule has 0 saturated carbocycles. The number of ether oxygens (including phenoxy) is 2. The molecule has 3 atom stereocenters. The van der Waals surface area contributed by atoms with Gasteiger partial charge >= 0.3 is 12.1 Å². The molecule has 214 valence electrons. The summed E-state index contributed by atoms with van der Waals surface area (Å²) in [5, 5.41) is 14.9. The number of nitrogens with zero attached hydrogens (tertiary/aromatic N) is 1. The van der Waals surface area contributed by atoms with Crippen molar-refractivity contribution in [2.24, 2.45) is 5.92 Å². The number of esters is 1. The minimum Gasteiger partial charge on any atom is -0.462 e. The van der Waals surface area contributed by atoms with Gasteiger partial charge < -0.3 is 30.1 Å². The molecular weight excluding hydrogens is 502 g/mol. The number of allylic oxidation sites excluding steroid dienone is 1. The molecule has 1 heterocycles. The molecule has 1 aromatic rings. The van der Waals surface area contributed by atoms with Gasteiger partial charge in [-0.15, -0.1) is 13.2 Å². The number of aliphatic hydroxyl groups excluding tert-OH is 1. The van der Waals surface area contributed by atoms with Crippen molar-refractivity contribution in [2.45, 2.75) is 70.2 Å². The number of hydrogen-bond acceptors (Lipinski definition) is 7. The Bertz CT molecular complexity index is 996. The molecule has 1 aliphatic heterocycles. The van der Waals surface area contributed by atoms with E-state index in [9.17, 15) is 24.3 Å². The van der Waals surface area contributed by atoms with E-state index in [0.717, 1.165) is 18.4 Å². The Labute approximate surface area is 230 Å². The average molecular weight is 544 g/mol. The van der Waals surface area contributed by atoms with E-state index in [4.69, 9.17) is 9.47 Å². The third-order valence-electron chi connectivity index (χ3n) is 6.38. The molecule has 0 unspecified atom stereocenters. The summed E-state index contributed by atoms with van der Waals surface area (Å²) in [4.78, 5) is 52.5. The first-order chi connectivity index (χ1) is 18.6. The van der Waals surface area contributed by atoms with E-state index in [0.29, 0.717) is 13.0 Å². The number of carbonyl (C=O) groups excluding carboxylic acids is 4. The first kappa shape index (κ1) is 31.6. The fraction of sp³-hybridized carbons (Fsp3) is 0.517. The van der Waals surface area contributed by atoms with Gasteiger partial charge in [0, 0.05) is 13.0 Å². The molecule has 3 N–H and O–H groups in total. The van der Waals surface area contributed by atoms with Crippen molar-refractivity contribution in [2.75, 3.05) is 19.8 Å². The lowest BCUT2D eigenvalue weighted by Crippen LogP contribution is -2.51. The van der Waals surface area contributed by atoms with Gasteiger partial charge in [-0.2, -0.15) is 0 Å². The van der Waals surface area contributed by atoms with Crippen molar-refractivity contribution in [1.82, 2.24) is 15.5 Å². The smallest absolute Gasteiger partial charge is 0.408 e. The Kier molecular flexibility index (Phi) is 12.7. The molecule has 10 heteroatoms. The largest absolute Gasteiger partial charge is 0.462 e. The van der Waals surface area contributed by atoms with Crippen LogP contribution in [0, 0.1) is 5.92 Å². The van der Waals surface area contributed by atoms with Crippen molar-refractivity contribution in [3.8, 4) is 0 Å². The minimum atomic E-state index is -1.01. The fourth-order valence-corrected chi connectivity index (χ4v) is 4.28. The number of hydrogen-bond donors (Lipinski definition) is 3. The molecule has 0 aliphatic carbocycles. The number of aliphatic hydroxyl groups is 1. The molecule has 0 spiro atoms. The minimum absolute atomic E-state index is 0.0133. The van der Waals surface area contributed by atoms with Crippen LogP contribution in [0.5, 0.6) is 0 Å². The zero-order valence-electron chi connectivity index (χ0n) is 22.9. The zero-order chi connectivity index (χ0) is 28.8. The molecule has 3 amide bonds. The van der Waals surface area contributed by atoms with Gasteiger partial charge in [0.05, 0.1) is 24.1 Å². The van der Waals surface area contributed by atoms with Crippen molar-refractivity contribution in [1.29, 1.82) is 0 Å². The first-order valence-electron chi connectivity index (χ1n) is 13.2. The monoisotopic (exact) mass is 543 g/mol. The predicted molar refractivity (Wildman–Crippen MR) is 146 cm³/mol. The van der Waals surface area contributed by atoms with E-state index in [-0.39, 0.29) is 50.5 Å². The van der Waals surface area contributed by atoms with E-state index >= 15 is 0 Å². The first-order valence-corrected chi connectivity index (χ1v) is 13.2. The second-order valence-corrected chi connectivity index (χ2v) is 10.3. The number of likely N-dealkylation sites (tertiary alicyclic amines) is 1. The van der Waals surface area contributed by atoms with Crippen molar-refractivity contribution < 1.29 is 33.8 Å². The second kappa shape index (κ2) is 15.7. The molecular formula is C29H41N3O7. The SMILES string of the molecule is C=CC[C@H](CC(=O)N1CCC[C@H]1CO)C(=O)NC(C)(C)COC(=O)[C@@H](CC=C)NC(=O)OCc1ccccc1. The van der Waals surface area contributed by atoms with Crippen LogP contribution < -0.4 is 10.6 Å². The summed E-state index contributed by atoms with van der Waals surface area (Å²) in [5.41, 5.74) is -0.152. The molecule has 0 bridgehead atoms. The van der Waals surface area contributed by atoms with Gasteiger partial charge in [-0.25, -0.2) is 9.59 Å². The molecule has 0 radical (unpaired) electrons. The molecule has 10 nitrogen and oxygen atoms in total. The summed E-state index contributed by atoms with van der Waals surface area (Å²) in [6.45, 7) is 11.0. The molecule has 39 heavy (non-hydrogen) atoms. The van der Waals surface area contributed by atoms with Crippen LogP contribution in [0.3, 0.4) is 0 Å². The molecule has 1 saturated heterocycles. The topological polar surface area (TPSA) is 134 Å². The van der Waals surface area contributed by atoms with Gasteiger partial charge in [0.2, 0.25) is 11.8 Å². The number of benzene rings is 1. The maximum absolute atomic E-state index is 13.1. The van der Waals surface area contributed by atoms with Crippen LogP contribution in [-0.4, -0.2) is 71.3 Å². The molecule has 2 rings (SSSR count). The normalized spacial score (nSPS) is 16.5. The summed E-state index contributed by atoms with van der Waals surface area (Å²) in [7, 11) is 0. The number of rotatable bonds is 15. The maximum Gasteiger partial charge on any atom is 0.408 e.